The Morgan fingerprint density at radius 2 is 1.15 bits per heavy atom. The zero-order valence-corrected chi connectivity index (χ0v) is 38.0. The minimum absolute atomic E-state index is 0. The van der Waals surface area contributed by atoms with Crippen LogP contribution in [0.5, 0.6) is 0 Å². The first-order valence-corrected chi connectivity index (χ1v) is 23.9. The van der Waals surface area contributed by atoms with Crippen LogP contribution in [0.15, 0.2) is 67.0 Å². The molecule has 4 saturated heterocycles. The lowest BCUT2D eigenvalue weighted by atomic mass is 9.97. The summed E-state index contributed by atoms with van der Waals surface area (Å²) in [4.78, 5) is 52.7. The molecule has 0 unspecified atom stereocenters. The highest BCUT2D eigenvalue weighted by atomic mass is 32.2. The fourth-order valence-corrected chi connectivity index (χ4v) is 11.0. The van der Waals surface area contributed by atoms with Crippen molar-refractivity contribution in [1.82, 2.24) is 38.2 Å². The summed E-state index contributed by atoms with van der Waals surface area (Å²) in [7, 11) is -7.97. The summed E-state index contributed by atoms with van der Waals surface area (Å²) in [5.74, 6) is 0.561. The largest absolute Gasteiger partial charge is 0.445 e. The molecule has 342 valence electrons. The van der Waals surface area contributed by atoms with Gasteiger partial charge in [-0.05, 0) is 82.2 Å². The Labute approximate surface area is 368 Å². The number of ether oxygens (including phenoxy) is 1. The predicted octanol–water partition coefficient (Wildman–Crippen LogP) is 3.71. The maximum Gasteiger partial charge on any atom is 0.410 e. The van der Waals surface area contributed by atoms with Gasteiger partial charge >= 0.3 is 26.5 Å². The maximum atomic E-state index is 13.1. The third kappa shape index (κ3) is 11.2. The van der Waals surface area contributed by atoms with Gasteiger partial charge in [-0.3, -0.25) is 9.59 Å². The van der Waals surface area contributed by atoms with E-state index < -0.39 is 38.3 Å². The van der Waals surface area contributed by atoms with Gasteiger partial charge in [0, 0.05) is 91.8 Å². The number of aromatic nitrogens is 2. The number of piperazine rings is 2. The number of benzene rings is 1. The summed E-state index contributed by atoms with van der Waals surface area (Å²) in [5.41, 5.74) is 1.03. The van der Waals surface area contributed by atoms with Crippen molar-refractivity contribution in [2.75, 3.05) is 75.2 Å². The molecular weight excluding hydrogens is 837 g/mol. The van der Waals surface area contributed by atoms with Crippen molar-refractivity contribution in [1.29, 1.82) is 0 Å². The highest BCUT2D eigenvalue weighted by Crippen LogP contribution is 2.38. The van der Waals surface area contributed by atoms with E-state index in [-0.39, 0.29) is 57.8 Å². The smallest absolute Gasteiger partial charge is 0.410 e. The third-order valence-electron chi connectivity index (χ3n) is 11.6. The van der Waals surface area contributed by atoms with Crippen molar-refractivity contribution in [3.8, 4) is 0 Å². The minimum Gasteiger partial charge on any atom is -0.445 e. The van der Waals surface area contributed by atoms with Crippen LogP contribution in [0.4, 0.5) is 16.4 Å². The van der Waals surface area contributed by atoms with Gasteiger partial charge in [0.05, 0.1) is 11.1 Å². The van der Waals surface area contributed by atoms with E-state index in [0.29, 0.717) is 49.7 Å². The van der Waals surface area contributed by atoms with Gasteiger partial charge in [0.15, 0.2) is 0 Å². The molecule has 0 aliphatic carbocycles. The highest BCUT2D eigenvalue weighted by Gasteiger charge is 2.41. The number of amides is 3. The average molecular weight is 901 g/mol. The van der Waals surface area contributed by atoms with Crippen molar-refractivity contribution < 1.29 is 38.8 Å². The summed E-state index contributed by atoms with van der Waals surface area (Å²) < 4.78 is 63.2. The molecule has 4 aliphatic rings. The van der Waals surface area contributed by atoms with Gasteiger partial charge in [-0.25, -0.2) is 24.2 Å². The standard InChI is InChI=1S/C25H33N5O5S.C17H27N5O3S.2H2/c1-19-16-25(2,3)30(17-19)22-21(10-7-11-26-22)23(31)27-36(33,34)29-14-12-28(13-15-29)24(32)35-18-20-8-5-4-6-9-20;1-13-11-17(2,3)22(12-13)15-14(5-4-6-19-15)16(23)20-26(24,25)21-9-7-18-8-10-21;;/h4-11,19H,12-18H2,1-3H3,(H,27,31);4-6,13,18H,7-12H2,1-3H3,(H,20,23);2*1H/t19-;13-;;/m00../s1. The normalized spacial score (nSPS) is 21.7. The van der Waals surface area contributed by atoms with E-state index in [0.717, 1.165) is 31.5 Å². The van der Waals surface area contributed by atoms with Crippen LogP contribution < -0.4 is 24.6 Å². The molecule has 1 aromatic carbocycles. The summed E-state index contributed by atoms with van der Waals surface area (Å²) >= 11 is 0. The van der Waals surface area contributed by atoms with E-state index in [2.05, 4.69) is 76.1 Å². The molecule has 62 heavy (non-hydrogen) atoms. The Balaban J connectivity index is 0.000000285. The molecule has 3 amide bonds. The second-order valence-corrected chi connectivity index (χ2v) is 21.0. The van der Waals surface area contributed by atoms with Crippen molar-refractivity contribution in [2.24, 2.45) is 11.8 Å². The molecule has 3 N–H and O–H groups in total. The highest BCUT2D eigenvalue weighted by molar-refractivity contribution is 7.88. The topological polar surface area (TPSA) is 207 Å². The number of carbonyl (C=O) groups is 3. The van der Waals surface area contributed by atoms with Crippen LogP contribution in [0.1, 0.15) is 83.5 Å². The number of nitrogens with zero attached hydrogens (tertiary/aromatic N) is 7. The van der Waals surface area contributed by atoms with E-state index in [1.807, 2.05) is 30.3 Å². The first-order valence-electron chi connectivity index (χ1n) is 21.0. The Morgan fingerprint density at radius 3 is 1.58 bits per heavy atom. The molecule has 20 heteroatoms. The first-order chi connectivity index (χ1) is 29.3. The zero-order valence-electron chi connectivity index (χ0n) is 36.4. The third-order valence-corrected chi connectivity index (χ3v) is 14.6. The van der Waals surface area contributed by atoms with Gasteiger partial charge in [-0.15, -0.1) is 0 Å². The number of pyridine rings is 2. The van der Waals surface area contributed by atoms with Gasteiger partial charge < -0.3 is 24.8 Å². The SMILES string of the molecule is C[C@@H]1CN(c2ncccc2C(=O)NS(=O)(=O)N2CCN(C(=O)OCc3ccccc3)CC2)C(C)(C)C1.C[C@@H]1CN(c2ncccc2C(=O)NS(=O)(=O)N2CCNCC2)C(C)(C)C1.[HH].[HH]. The zero-order chi connectivity index (χ0) is 44.9. The lowest BCUT2D eigenvalue weighted by Crippen LogP contribution is -2.54. The lowest BCUT2D eigenvalue weighted by molar-refractivity contribution is 0.0830. The molecule has 0 spiro atoms. The number of carbonyl (C=O) groups excluding carboxylic acids is 3. The Morgan fingerprint density at radius 1 is 0.694 bits per heavy atom. The van der Waals surface area contributed by atoms with Crippen molar-refractivity contribution >= 4 is 50.0 Å². The lowest BCUT2D eigenvalue weighted by Gasteiger charge is -2.34. The van der Waals surface area contributed by atoms with Gasteiger partial charge in [-0.1, -0.05) is 44.2 Å². The monoisotopic (exact) mass is 900 g/mol. The molecule has 0 saturated carbocycles. The van der Waals surface area contributed by atoms with Gasteiger partial charge in [-0.2, -0.15) is 25.4 Å². The predicted molar refractivity (Wildman–Crippen MR) is 240 cm³/mol. The van der Waals surface area contributed by atoms with E-state index in [1.54, 1.807) is 36.7 Å². The summed E-state index contributed by atoms with van der Waals surface area (Å²) in [6.07, 6.45) is 4.68. The van der Waals surface area contributed by atoms with E-state index in [9.17, 15) is 31.2 Å². The number of rotatable bonds is 10. The molecule has 0 bridgehead atoms. The molecule has 7 rings (SSSR count). The van der Waals surface area contributed by atoms with Crippen molar-refractivity contribution in [2.45, 2.75) is 72.1 Å². The molecule has 3 aromatic rings. The molecule has 2 atom stereocenters. The van der Waals surface area contributed by atoms with Crippen molar-refractivity contribution in [3.05, 3.63) is 83.7 Å². The number of nitrogens with one attached hydrogen (secondary N) is 3. The summed E-state index contributed by atoms with van der Waals surface area (Å²) in [5, 5.41) is 3.10. The number of hydrogen-bond acceptors (Lipinski definition) is 13. The van der Waals surface area contributed by atoms with Gasteiger partial charge in [0.25, 0.3) is 11.8 Å². The average Bonchev–Trinajstić information content (AvgIpc) is 3.69. The second-order valence-electron chi connectivity index (χ2n) is 17.7. The summed E-state index contributed by atoms with van der Waals surface area (Å²) in [6.45, 7) is 16.7. The molecule has 18 nitrogen and oxygen atoms in total. The van der Waals surface area contributed by atoms with Crippen LogP contribution in [-0.4, -0.2) is 135 Å². The number of hydrogen-bond donors (Lipinski definition) is 3. The Hall–Kier alpha value is -4.89. The van der Waals surface area contributed by atoms with Crippen LogP contribution in [0.2, 0.25) is 0 Å². The molecule has 4 aliphatic heterocycles. The fourth-order valence-electron chi connectivity index (χ4n) is 8.78. The first kappa shape index (κ1) is 46.6. The van der Waals surface area contributed by atoms with E-state index in [1.165, 1.54) is 13.5 Å². The minimum atomic E-state index is -4.11. The molecular formula is C42H64N10O8S2. The molecule has 0 radical (unpaired) electrons. The van der Waals surface area contributed by atoms with Crippen LogP contribution in [0, 0.1) is 11.8 Å². The van der Waals surface area contributed by atoms with Crippen molar-refractivity contribution in [3.63, 3.8) is 0 Å². The van der Waals surface area contributed by atoms with Crippen LogP contribution in [-0.2, 0) is 31.8 Å². The molecule has 4 fully saturated rings. The van der Waals surface area contributed by atoms with Crippen LogP contribution in [0.25, 0.3) is 0 Å². The van der Waals surface area contributed by atoms with E-state index >= 15 is 0 Å². The second kappa shape index (κ2) is 19.2. The van der Waals surface area contributed by atoms with E-state index in [4.69, 9.17) is 4.74 Å². The molecule has 6 heterocycles. The molecule has 2 aromatic heterocycles. The van der Waals surface area contributed by atoms with Gasteiger partial charge in [0.2, 0.25) is 0 Å². The Bertz CT molecular complexity index is 2300. The summed E-state index contributed by atoms with van der Waals surface area (Å²) in [6, 6.07) is 15.8. The van der Waals surface area contributed by atoms with Gasteiger partial charge in [0.1, 0.15) is 18.2 Å². The maximum absolute atomic E-state index is 13.1. The fraction of sp³-hybridized carbons (Fsp3) is 0.548. The quantitative estimate of drug-likeness (QED) is 0.266. The number of anilines is 2. The van der Waals surface area contributed by atoms with Crippen LogP contribution >= 0.6 is 0 Å². The Kier molecular flexibility index (Phi) is 14.5. The van der Waals surface area contributed by atoms with Crippen LogP contribution in [0.3, 0.4) is 0 Å².